The Morgan fingerprint density at radius 2 is 1.90 bits per heavy atom. The van der Waals surface area contributed by atoms with Crippen LogP contribution in [0.15, 0.2) is 42.4 Å². The lowest BCUT2D eigenvalue weighted by molar-refractivity contribution is -0.384. The van der Waals surface area contributed by atoms with Gasteiger partial charge in [0, 0.05) is 29.8 Å². The van der Waals surface area contributed by atoms with Gasteiger partial charge in [0.15, 0.2) is 8.32 Å². The Balaban J connectivity index is 1.46. The van der Waals surface area contributed by atoms with E-state index in [0.29, 0.717) is 17.7 Å². The molecule has 0 radical (unpaired) electrons. The van der Waals surface area contributed by atoms with E-state index in [4.69, 9.17) is 9.16 Å². The van der Waals surface area contributed by atoms with E-state index in [1.807, 2.05) is 17.5 Å². The smallest absolute Gasteiger partial charge is 0.355 e. The summed E-state index contributed by atoms with van der Waals surface area (Å²) >= 11 is 1.47. The second-order valence-corrected chi connectivity index (χ2v) is 18.4. The molecule has 1 amide bonds. The fraction of sp³-hybridized carbons (Fsp3) is 0.483. The van der Waals surface area contributed by atoms with Gasteiger partial charge in [-0.15, -0.1) is 11.3 Å². The molecule has 0 unspecified atom stereocenters. The van der Waals surface area contributed by atoms with Gasteiger partial charge in [-0.2, -0.15) is 0 Å². The number of non-ortho nitro benzene ring substituents is 1. The molecule has 3 aromatic rings. The molecule has 4 heterocycles. The highest BCUT2D eigenvalue weighted by molar-refractivity contribution is 7.18. The number of nitro benzene ring substituents is 1. The first kappa shape index (κ1) is 30.1. The molecule has 0 bridgehead atoms. The van der Waals surface area contributed by atoms with E-state index in [-0.39, 0.29) is 40.9 Å². The van der Waals surface area contributed by atoms with E-state index < -0.39 is 31.2 Å². The summed E-state index contributed by atoms with van der Waals surface area (Å²) in [6.45, 7) is 14.7. The lowest BCUT2D eigenvalue weighted by Gasteiger charge is -2.46. The molecule has 5 rings (SSSR count). The second-order valence-electron chi connectivity index (χ2n) is 12.5. The predicted octanol–water partition coefficient (Wildman–Crippen LogP) is 5.14. The average molecular weight is 613 g/mol. The topological polar surface area (TPSA) is 137 Å². The van der Waals surface area contributed by atoms with E-state index in [0.717, 1.165) is 15.5 Å². The molecule has 0 spiro atoms. The highest BCUT2D eigenvalue weighted by Crippen LogP contribution is 2.52. The Morgan fingerprint density at radius 1 is 1.24 bits per heavy atom. The van der Waals surface area contributed by atoms with Gasteiger partial charge in [0.25, 0.3) is 5.69 Å². The molecule has 1 N–H and O–H groups in total. The highest BCUT2D eigenvalue weighted by Gasteiger charge is 2.60. The van der Waals surface area contributed by atoms with Crippen molar-refractivity contribution in [1.29, 1.82) is 0 Å². The number of carbonyl (C=O) groups is 2. The number of aliphatic hydroxyl groups is 1. The maximum atomic E-state index is 13.6. The van der Waals surface area contributed by atoms with Gasteiger partial charge in [0.2, 0.25) is 5.91 Å². The van der Waals surface area contributed by atoms with Crippen molar-refractivity contribution in [1.82, 2.24) is 14.3 Å². The van der Waals surface area contributed by atoms with Gasteiger partial charge in [-0.1, -0.05) is 27.7 Å². The van der Waals surface area contributed by atoms with Crippen LogP contribution in [0.25, 0.3) is 10.4 Å². The van der Waals surface area contributed by atoms with Gasteiger partial charge < -0.3 is 19.2 Å². The quantitative estimate of drug-likeness (QED) is 0.115. The number of aromatic nitrogens is 2. The van der Waals surface area contributed by atoms with Gasteiger partial charge in [0.05, 0.1) is 40.7 Å². The number of ether oxygens (including phenoxy) is 1. The van der Waals surface area contributed by atoms with Crippen LogP contribution in [0.5, 0.6) is 0 Å². The minimum absolute atomic E-state index is 0.0532. The third kappa shape index (κ3) is 5.08. The summed E-state index contributed by atoms with van der Waals surface area (Å²) in [5, 5.41) is 21.4. The molecule has 4 atom stereocenters. The number of imidazole rings is 1. The van der Waals surface area contributed by atoms with Crippen molar-refractivity contribution in [2.75, 3.05) is 0 Å². The molecular weight excluding hydrogens is 576 g/mol. The molecule has 0 saturated carbocycles. The molecule has 0 aliphatic carbocycles. The number of hydrogen-bond acceptors (Lipinski definition) is 9. The first-order valence-electron chi connectivity index (χ1n) is 13.9. The van der Waals surface area contributed by atoms with E-state index in [2.05, 4.69) is 38.8 Å². The number of nitrogens with zero attached hydrogens (tertiary/aromatic N) is 4. The molecule has 42 heavy (non-hydrogen) atoms. The van der Waals surface area contributed by atoms with Crippen LogP contribution in [0.1, 0.15) is 50.9 Å². The number of carbonyl (C=O) groups excluding carboxylic acids is 2. The molecule has 1 saturated heterocycles. The molecule has 224 valence electrons. The summed E-state index contributed by atoms with van der Waals surface area (Å²) in [6.07, 6.45) is 2.85. The summed E-state index contributed by atoms with van der Waals surface area (Å²) in [7, 11) is -2.01. The summed E-state index contributed by atoms with van der Waals surface area (Å²) in [4.78, 5) is 45.0. The fourth-order valence-electron chi connectivity index (χ4n) is 5.36. The monoisotopic (exact) mass is 612 g/mol. The molecular formula is C29H36N4O7SSi. The van der Waals surface area contributed by atoms with Gasteiger partial charge in [0.1, 0.15) is 23.0 Å². The molecule has 2 aliphatic heterocycles. The number of fused-ring (bicyclic) bond motifs is 2. The van der Waals surface area contributed by atoms with E-state index in [9.17, 15) is 24.8 Å². The second kappa shape index (κ2) is 10.7. The zero-order valence-corrected chi connectivity index (χ0v) is 26.6. The molecule has 2 aromatic heterocycles. The Labute approximate surface area is 249 Å². The molecule has 11 nitrogen and oxygen atoms in total. The van der Waals surface area contributed by atoms with Crippen molar-refractivity contribution < 1.29 is 28.8 Å². The third-order valence-corrected chi connectivity index (χ3v) is 14.4. The normalized spacial score (nSPS) is 21.5. The zero-order valence-electron chi connectivity index (χ0n) is 24.8. The van der Waals surface area contributed by atoms with Crippen LogP contribution in [0.2, 0.25) is 18.1 Å². The number of nitro groups is 1. The Bertz CT molecular complexity index is 1590. The first-order valence-corrected chi connectivity index (χ1v) is 17.6. The number of rotatable bonds is 9. The van der Waals surface area contributed by atoms with Gasteiger partial charge in [-0.25, -0.2) is 9.78 Å². The van der Waals surface area contributed by atoms with Crippen LogP contribution in [0.3, 0.4) is 0 Å². The minimum atomic E-state index is -2.01. The summed E-state index contributed by atoms with van der Waals surface area (Å²) < 4.78 is 14.0. The van der Waals surface area contributed by atoms with Crippen LogP contribution in [0, 0.1) is 22.0 Å². The number of hydrogen-bond donors (Lipinski definition) is 1. The van der Waals surface area contributed by atoms with Gasteiger partial charge in [-0.3, -0.25) is 19.3 Å². The average Bonchev–Trinajstić information content (AvgIpc) is 3.55. The van der Waals surface area contributed by atoms with Crippen molar-refractivity contribution in [2.45, 2.75) is 78.1 Å². The standard InChI is InChI=1S/C29H36N4O7SSi/c1-16-23(20-13-31-21(30-12-22(31)41-20)15-40-42(6,7)29(3,4)5)26(32-25(16)24(17(2)34)27(32)35)28(36)39-14-18-8-10-19(11-9-18)33(37)38/h8-13,16-17,24-25,34H,14-15H2,1-7H3/t16-,17+,24+,25+/m0/s1. The maximum Gasteiger partial charge on any atom is 0.355 e. The molecule has 1 fully saturated rings. The minimum Gasteiger partial charge on any atom is -0.456 e. The van der Waals surface area contributed by atoms with Crippen molar-refractivity contribution in [2.24, 2.45) is 11.8 Å². The van der Waals surface area contributed by atoms with Crippen LogP contribution >= 0.6 is 11.3 Å². The van der Waals surface area contributed by atoms with Crippen molar-refractivity contribution in [3.05, 3.63) is 68.7 Å². The number of amides is 1. The lowest BCUT2D eigenvalue weighted by atomic mass is 9.77. The number of thiazole rings is 1. The van der Waals surface area contributed by atoms with Crippen molar-refractivity contribution in [3.8, 4) is 0 Å². The summed E-state index contributed by atoms with van der Waals surface area (Å²) in [5.41, 5.74) is 1.39. The van der Waals surface area contributed by atoms with Crippen LogP contribution in [-0.4, -0.2) is 56.7 Å². The van der Waals surface area contributed by atoms with E-state index in [1.165, 1.54) is 40.5 Å². The summed E-state index contributed by atoms with van der Waals surface area (Å²) in [6, 6.07) is 5.39. The van der Waals surface area contributed by atoms with E-state index in [1.54, 1.807) is 13.1 Å². The Kier molecular flexibility index (Phi) is 7.67. The fourth-order valence-corrected chi connectivity index (χ4v) is 7.42. The van der Waals surface area contributed by atoms with Crippen LogP contribution in [0.4, 0.5) is 5.69 Å². The van der Waals surface area contributed by atoms with Crippen LogP contribution in [-0.2, 0) is 32.0 Å². The SMILES string of the molecule is C[C@@H](O)[C@H]1C(=O)N2C(C(=O)OCc3ccc([N+](=O)[O-])cc3)=C(c3cn4c(CO[Si](C)(C)C(C)(C)C)ncc4s3)[C@H](C)[C@H]12. The highest BCUT2D eigenvalue weighted by atomic mass is 32.1. The lowest BCUT2D eigenvalue weighted by Crippen LogP contribution is -2.63. The Morgan fingerprint density at radius 3 is 2.50 bits per heavy atom. The molecule has 2 aliphatic rings. The first-order chi connectivity index (χ1) is 19.6. The van der Waals surface area contributed by atoms with Gasteiger partial charge in [-0.05, 0) is 42.8 Å². The van der Waals surface area contributed by atoms with Gasteiger partial charge >= 0.3 is 5.97 Å². The zero-order chi connectivity index (χ0) is 30.7. The van der Waals surface area contributed by atoms with Crippen LogP contribution < -0.4 is 0 Å². The number of aliphatic hydroxyl groups excluding tert-OH is 1. The predicted molar refractivity (Wildman–Crippen MR) is 160 cm³/mol. The van der Waals surface area contributed by atoms with Crippen molar-refractivity contribution >= 4 is 47.6 Å². The van der Waals surface area contributed by atoms with E-state index >= 15 is 0 Å². The molecule has 13 heteroatoms. The maximum absolute atomic E-state index is 13.6. The largest absolute Gasteiger partial charge is 0.456 e. The number of benzene rings is 1. The third-order valence-electron chi connectivity index (χ3n) is 8.82. The summed E-state index contributed by atoms with van der Waals surface area (Å²) in [5.74, 6) is -1.06. The van der Waals surface area contributed by atoms with Crippen molar-refractivity contribution in [3.63, 3.8) is 0 Å². The molecule has 1 aromatic carbocycles. The number of esters is 1. The Hall–Kier alpha value is -3.39. The number of β-lactam (4-membered cyclic amide) rings is 1.